The van der Waals surface area contributed by atoms with E-state index in [-0.39, 0.29) is 5.95 Å². The monoisotopic (exact) mass is 397 g/mol. The van der Waals surface area contributed by atoms with Gasteiger partial charge in [-0.3, -0.25) is 0 Å². The van der Waals surface area contributed by atoms with Crippen molar-refractivity contribution in [3.05, 3.63) is 71.2 Å². The second-order valence-corrected chi connectivity index (χ2v) is 6.39. The van der Waals surface area contributed by atoms with Crippen LogP contribution in [-0.4, -0.2) is 16.2 Å². The Morgan fingerprint density at radius 3 is 2.48 bits per heavy atom. The van der Waals surface area contributed by atoms with Crippen LogP contribution >= 0.6 is 11.8 Å². The molecule has 27 heavy (non-hydrogen) atoms. The van der Waals surface area contributed by atoms with Crippen LogP contribution in [-0.2, 0) is 5.75 Å². The lowest BCUT2D eigenvalue weighted by Crippen LogP contribution is -2.03. The number of hydrogen-bond donors (Lipinski definition) is 1. The largest absolute Gasteiger partial charge is 0.324 e. The third kappa shape index (κ3) is 4.19. The van der Waals surface area contributed by atoms with Crippen LogP contribution in [0.4, 0.5) is 33.6 Å². The van der Waals surface area contributed by atoms with Crippen molar-refractivity contribution >= 4 is 23.4 Å². The molecule has 0 aliphatic heterocycles. The average molecular weight is 397 g/mol. The fourth-order valence-corrected chi connectivity index (χ4v) is 2.93. The van der Waals surface area contributed by atoms with E-state index in [0.717, 1.165) is 12.3 Å². The van der Waals surface area contributed by atoms with Crippen LogP contribution in [0.15, 0.2) is 36.5 Å². The van der Waals surface area contributed by atoms with Gasteiger partial charge < -0.3 is 5.32 Å². The Bertz CT molecular complexity index is 997. The summed E-state index contributed by atoms with van der Waals surface area (Å²) < 4.78 is 68.3. The molecule has 1 aromatic heterocycles. The van der Waals surface area contributed by atoms with Crippen molar-refractivity contribution in [2.24, 2.45) is 0 Å². The van der Waals surface area contributed by atoms with Gasteiger partial charge in [-0.15, -0.1) is 0 Å². The Balaban J connectivity index is 1.98. The number of nitrogens with one attached hydrogen (secondary N) is 1. The normalized spacial score (nSPS) is 10.9. The minimum atomic E-state index is -1.73. The Morgan fingerprint density at radius 2 is 1.74 bits per heavy atom. The van der Waals surface area contributed by atoms with Gasteiger partial charge in [0.15, 0.2) is 23.3 Å². The number of thioether (sulfide) groups is 1. The zero-order valence-corrected chi connectivity index (χ0v) is 14.7. The molecule has 3 rings (SSSR count). The minimum Gasteiger partial charge on any atom is -0.324 e. The molecule has 0 amide bonds. The lowest BCUT2D eigenvalue weighted by molar-refractivity contribution is 0.448. The molecule has 140 valence electrons. The fourth-order valence-electron chi connectivity index (χ4n) is 2.43. The van der Waals surface area contributed by atoms with Gasteiger partial charge in [0.05, 0.1) is 6.20 Å². The van der Waals surface area contributed by atoms with E-state index in [9.17, 15) is 22.0 Å². The van der Waals surface area contributed by atoms with Crippen molar-refractivity contribution in [1.29, 1.82) is 0 Å². The number of hydrogen-bond acceptors (Lipinski definition) is 4. The quantitative estimate of drug-likeness (QED) is 0.459. The maximum atomic E-state index is 14.0. The second-order valence-electron chi connectivity index (χ2n) is 5.52. The van der Waals surface area contributed by atoms with Crippen LogP contribution in [0, 0.1) is 29.1 Å². The molecule has 2 aromatic carbocycles. The third-order valence-corrected chi connectivity index (χ3v) is 4.18. The summed E-state index contributed by atoms with van der Waals surface area (Å²) >= 11 is 1.50. The summed E-state index contributed by atoms with van der Waals surface area (Å²) in [6.45, 7) is 0. The topological polar surface area (TPSA) is 37.8 Å². The van der Waals surface area contributed by atoms with Gasteiger partial charge in [-0.25, -0.2) is 31.9 Å². The molecule has 9 heteroatoms. The molecule has 0 atom stereocenters. The number of anilines is 2. The molecule has 0 saturated heterocycles. The van der Waals surface area contributed by atoms with E-state index in [4.69, 9.17) is 0 Å². The van der Waals surface area contributed by atoms with E-state index >= 15 is 0 Å². The standard InChI is InChI=1S/C18H12F5N3S/c1-27-8-9-4-10(19)6-11(5-9)25-18-24-7-14(21)17(26-18)12-2-3-13(20)16(23)15(12)22/h2-7H,8H2,1H3,(H,24,25,26). The third-order valence-electron chi connectivity index (χ3n) is 3.56. The Kier molecular flexibility index (Phi) is 5.59. The van der Waals surface area contributed by atoms with Gasteiger partial charge >= 0.3 is 0 Å². The SMILES string of the molecule is CSCc1cc(F)cc(Nc2ncc(F)c(-c3ccc(F)c(F)c3F)n2)c1. The van der Waals surface area contributed by atoms with Crippen LogP contribution < -0.4 is 5.32 Å². The summed E-state index contributed by atoms with van der Waals surface area (Å²) in [6, 6.07) is 5.76. The molecule has 0 spiro atoms. The highest BCUT2D eigenvalue weighted by Gasteiger charge is 2.19. The molecule has 3 nitrogen and oxygen atoms in total. The highest BCUT2D eigenvalue weighted by Crippen LogP contribution is 2.28. The molecule has 0 radical (unpaired) electrons. The van der Waals surface area contributed by atoms with Crippen LogP contribution in [0.5, 0.6) is 0 Å². The summed E-state index contributed by atoms with van der Waals surface area (Å²) in [4.78, 5) is 7.54. The number of benzene rings is 2. The van der Waals surface area contributed by atoms with Crippen LogP contribution in [0.3, 0.4) is 0 Å². The molecule has 1 N–H and O–H groups in total. The Morgan fingerprint density at radius 1 is 0.963 bits per heavy atom. The molecule has 1 heterocycles. The molecule has 0 fully saturated rings. The van der Waals surface area contributed by atoms with Gasteiger partial charge in [0.2, 0.25) is 5.95 Å². The van der Waals surface area contributed by atoms with Crippen molar-refractivity contribution in [3.8, 4) is 11.3 Å². The lowest BCUT2D eigenvalue weighted by Gasteiger charge is -2.10. The molecule has 0 saturated carbocycles. The highest BCUT2D eigenvalue weighted by atomic mass is 32.2. The van der Waals surface area contributed by atoms with Crippen molar-refractivity contribution in [1.82, 2.24) is 9.97 Å². The molecule has 0 aliphatic carbocycles. The van der Waals surface area contributed by atoms with Crippen LogP contribution in [0.25, 0.3) is 11.3 Å². The van der Waals surface area contributed by atoms with Gasteiger partial charge in [0, 0.05) is 17.0 Å². The Hall–Kier alpha value is -2.68. The number of halogens is 5. The predicted molar refractivity (Wildman–Crippen MR) is 94.2 cm³/mol. The van der Waals surface area contributed by atoms with E-state index in [1.807, 2.05) is 6.26 Å². The van der Waals surface area contributed by atoms with Crippen molar-refractivity contribution < 1.29 is 22.0 Å². The number of aromatic nitrogens is 2. The van der Waals surface area contributed by atoms with Crippen LogP contribution in [0.1, 0.15) is 5.56 Å². The van der Waals surface area contributed by atoms with E-state index in [1.165, 1.54) is 23.9 Å². The van der Waals surface area contributed by atoms with Gasteiger partial charge in [0.25, 0.3) is 0 Å². The second kappa shape index (κ2) is 7.91. The summed E-state index contributed by atoms with van der Waals surface area (Å²) in [5.74, 6) is -5.78. The van der Waals surface area contributed by atoms with Gasteiger partial charge in [-0.2, -0.15) is 11.8 Å². The molecule has 0 unspecified atom stereocenters. The van der Waals surface area contributed by atoms with Gasteiger partial charge in [-0.05, 0) is 42.2 Å². The van der Waals surface area contributed by atoms with Crippen molar-refractivity contribution in [2.75, 3.05) is 11.6 Å². The molecule has 0 bridgehead atoms. The summed E-state index contributed by atoms with van der Waals surface area (Å²) in [6.07, 6.45) is 2.62. The molecule has 0 aliphatic rings. The van der Waals surface area contributed by atoms with E-state index in [0.29, 0.717) is 23.1 Å². The first-order valence-corrected chi connectivity index (χ1v) is 9.00. The fraction of sp³-hybridized carbons (Fsp3) is 0.111. The minimum absolute atomic E-state index is 0.156. The molecular weight excluding hydrogens is 385 g/mol. The van der Waals surface area contributed by atoms with E-state index in [2.05, 4.69) is 15.3 Å². The summed E-state index contributed by atoms with van der Waals surface area (Å²) in [5.41, 5.74) is -0.0924. The summed E-state index contributed by atoms with van der Waals surface area (Å²) in [5, 5.41) is 2.70. The average Bonchev–Trinajstić information content (AvgIpc) is 2.62. The number of rotatable bonds is 5. The zero-order chi connectivity index (χ0) is 19.6. The van der Waals surface area contributed by atoms with E-state index in [1.54, 1.807) is 6.07 Å². The zero-order valence-electron chi connectivity index (χ0n) is 13.9. The van der Waals surface area contributed by atoms with Crippen LogP contribution in [0.2, 0.25) is 0 Å². The summed E-state index contributed by atoms with van der Waals surface area (Å²) in [7, 11) is 0. The lowest BCUT2D eigenvalue weighted by atomic mass is 10.1. The maximum absolute atomic E-state index is 14.0. The van der Waals surface area contributed by atoms with Crippen molar-refractivity contribution in [2.45, 2.75) is 5.75 Å². The maximum Gasteiger partial charge on any atom is 0.227 e. The first-order valence-electron chi connectivity index (χ1n) is 7.61. The first kappa shape index (κ1) is 19.1. The predicted octanol–water partition coefficient (Wildman–Crippen LogP) is 5.45. The number of nitrogens with zero attached hydrogens (tertiary/aromatic N) is 2. The van der Waals surface area contributed by atoms with E-state index < -0.39 is 40.3 Å². The smallest absolute Gasteiger partial charge is 0.227 e. The molecule has 3 aromatic rings. The first-order chi connectivity index (χ1) is 12.9. The van der Waals surface area contributed by atoms with Gasteiger partial charge in [-0.1, -0.05) is 0 Å². The Labute approximate surface area is 155 Å². The molecular formula is C18H12F5N3S. The highest BCUT2D eigenvalue weighted by molar-refractivity contribution is 7.97. The van der Waals surface area contributed by atoms with Gasteiger partial charge in [0.1, 0.15) is 11.5 Å². The van der Waals surface area contributed by atoms with Crippen molar-refractivity contribution in [3.63, 3.8) is 0 Å².